The Morgan fingerprint density at radius 3 is 2.50 bits per heavy atom. The Morgan fingerprint density at radius 2 is 2.00 bits per heavy atom. The van der Waals surface area contributed by atoms with Crippen LogP contribution in [0.3, 0.4) is 0 Å². The second-order valence-electron chi connectivity index (χ2n) is 5.96. The fourth-order valence-electron chi connectivity index (χ4n) is 2.49. The lowest BCUT2D eigenvalue weighted by Crippen LogP contribution is -2.53. The highest BCUT2D eigenvalue weighted by molar-refractivity contribution is 5.86. The third-order valence-electron chi connectivity index (χ3n) is 3.77. The van der Waals surface area contributed by atoms with Crippen LogP contribution in [0.2, 0.25) is 0 Å². The van der Waals surface area contributed by atoms with E-state index in [9.17, 15) is 9.18 Å². The Kier molecular flexibility index (Phi) is 4.43. The van der Waals surface area contributed by atoms with Gasteiger partial charge in [0.15, 0.2) is 0 Å². The molecule has 1 aliphatic carbocycles. The van der Waals surface area contributed by atoms with Crippen LogP contribution in [0.15, 0.2) is 24.3 Å². The number of hydrogen-bond donors (Lipinski definition) is 1. The summed E-state index contributed by atoms with van der Waals surface area (Å²) in [4.78, 5) is 14.5. The van der Waals surface area contributed by atoms with Gasteiger partial charge in [-0.25, -0.2) is 4.39 Å². The van der Waals surface area contributed by atoms with E-state index in [1.54, 1.807) is 19.1 Å². The van der Waals surface area contributed by atoms with Crippen LogP contribution in [0.1, 0.15) is 45.1 Å². The summed E-state index contributed by atoms with van der Waals surface area (Å²) in [5.74, 6) is -0.251. The Bertz CT molecular complexity index is 466. The standard InChI is InChI=1S/C16H23FN2O/c1-3-10-16(2,18)15(20)19(14-8-9-14)11-12-4-6-13(17)7-5-12/h4-7,14H,3,8-11,18H2,1-2H3. The Balaban J connectivity index is 2.11. The summed E-state index contributed by atoms with van der Waals surface area (Å²) in [6, 6.07) is 6.61. The molecule has 3 nitrogen and oxygen atoms in total. The van der Waals surface area contributed by atoms with Gasteiger partial charge in [-0.1, -0.05) is 25.5 Å². The molecule has 0 heterocycles. The van der Waals surface area contributed by atoms with Gasteiger partial charge >= 0.3 is 0 Å². The number of hydrogen-bond acceptors (Lipinski definition) is 2. The predicted octanol–water partition coefficient (Wildman–Crippen LogP) is 2.83. The molecule has 2 rings (SSSR count). The summed E-state index contributed by atoms with van der Waals surface area (Å²) in [5, 5.41) is 0. The van der Waals surface area contributed by atoms with Gasteiger partial charge in [0.1, 0.15) is 5.82 Å². The van der Waals surface area contributed by atoms with Crippen LogP contribution in [0.4, 0.5) is 4.39 Å². The molecule has 0 saturated heterocycles. The first-order chi connectivity index (χ1) is 9.44. The first kappa shape index (κ1) is 15.0. The summed E-state index contributed by atoms with van der Waals surface area (Å²) in [7, 11) is 0. The van der Waals surface area contributed by atoms with E-state index in [1.165, 1.54) is 12.1 Å². The zero-order valence-electron chi connectivity index (χ0n) is 12.2. The first-order valence-electron chi connectivity index (χ1n) is 7.28. The summed E-state index contributed by atoms with van der Waals surface area (Å²) in [5.41, 5.74) is 6.30. The van der Waals surface area contributed by atoms with Gasteiger partial charge < -0.3 is 10.6 Å². The molecule has 110 valence electrons. The fraction of sp³-hybridized carbons (Fsp3) is 0.562. The summed E-state index contributed by atoms with van der Waals surface area (Å²) in [6.45, 7) is 4.35. The molecule has 1 amide bonds. The number of amides is 1. The van der Waals surface area contributed by atoms with Gasteiger partial charge in [0.25, 0.3) is 0 Å². The minimum atomic E-state index is -0.808. The summed E-state index contributed by atoms with van der Waals surface area (Å²) in [6.07, 6.45) is 3.64. The quantitative estimate of drug-likeness (QED) is 0.869. The van der Waals surface area contributed by atoms with E-state index in [0.717, 1.165) is 24.8 Å². The van der Waals surface area contributed by atoms with Crippen molar-refractivity contribution < 1.29 is 9.18 Å². The lowest BCUT2D eigenvalue weighted by Gasteiger charge is -2.32. The molecule has 0 bridgehead atoms. The van der Waals surface area contributed by atoms with Gasteiger partial charge in [0.05, 0.1) is 5.54 Å². The Labute approximate surface area is 120 Å². The third kappa shape index (κ3) is 3.57. The fourth-order valence-corrected chi connectivity index (χ4v) is 2.49. The van der Waals surface area contributed by atoms with Gasteiger partial charge in [0.2, 0.25) is 5.91 Å². The zero-order valence-corrected chi connectivity index (χ0v) is 12.2. The van der Waals surface area contributed by atoms with Gasteiger partial charge in [-0.3, -0.25) is 4.79 Å². The molecule has 1 aromatic rings. The molecule has 1 fully saturated rings. The maximum absolute atomic E-state index is 12.9. The maximum atomic E-state index is 12.9. The van der Waals surface area contributed by atoms with Crippen LogP contribution in [0.5, 0.6) is 0 Å². The van der Waals surface area contributed by atoms with Crippen molar-refractivity contribution in [1.82, 2.24) is 4.90 Å². The molecule has 1 aromatic carbocycles. The smallest absolute Gasteiger partial charge is 0.242 e. The van der Waals surface area contributed by atoms with Crippen molar-refractivity contribution >= 4 is 5.91 Å². The van der Waals surface area contributed by atoms with E-state index in [2.05, 4.69) is 0 Å². The minimum Gasteiger partial charge on any atom is -0.334 e. The van der Waals surface area contributed by atoms with Crippen molar-refractivity contribution in [3.63, 3.8) is 0 Å². The SMILES string of the molecule is CCCC(C)(N)C(=O)N(Cc1ccc(F)cc1)C1CC1. The molecule has 2 N–H and O–H groups in total. The van der Waals surface area contributed by atoms with Crippen LogP contribution < -0.4 is 5.73 Å². The lowest BCUT2D eigenvalue weighted by molar-refractivity contribution is -0.138. The highest BCUT2D eigenvalue weighted by atomic mass is 19.1. The van der Waals surface area contributed by atoms with Crippen LogP contribution in [0, 0.1) is 5.82 Å². The molecule has 20 heavy (non-hydrogen) atoms. The highest BCUT2D eigenvalue weighted by Crippen LogP contribution is 2.30. The van der Waals surface area contributed by atoms with Gasteiger partial charge in [-0.05, 0) is 43.9 Å². The number of carbonyl (C=O) groups excluding carboxylic acids is 1. The largest absolute Gasteiger partial charge is 0.334 e. The molecule has 4 heteroatoms. The monoisotopic (exact) mass is 278 g/mol. The van der Waals surface area contributed by atoms with Crippen molar-refractivity contribution in [2.24, 2.45) is 5.73 Å². The number of halogens is 1. The van der Waals surface area contributed by atoms with Crippen LogP contribution in [0.25, 0.3) is 0 Å². The second-order valence-corrected chi connectivity index (χ2v) is 5.96. The zero-order chi connectivity index (χ0) is 14.8. The van der Waals surface area contributed by atoms with Crippen molar-refractivity contribution in [3.05, 3.63) is 35.6 Å². The van der Waals surface area contributed by atoms with E-state index in [1.807, 2.05) is 11.8 Å². The minimum absolute atomic E-state index is 0.00572. The average molecular weight is 278 g/mol. The van der Waals surface area contributed by atoms with Gasteiger partial charge in [-0.15, -0.1) is 0 Å². The number of carbonyl (C=O) groups is 1. The summed E-state index contributed by atoms with van der Waals surface area (Å²) >= 11 is 0. The molecule has 0 aliphatic heterocycles. The van der Waals surface area contributed by atoms with Gasteiger partial charge in [-0.2, -0.15) is 0 Å². The molecule has 1 unspecified atom stereocenters. The predicted molar refractivity (Wildman–Crippen MR) is 77.5 cm³/mol. The Hall–Kier alpha value is -1.42. The van der Waals surface area contributed by atoms with Crippen LogP contribution in [-0.4, -0.2) is 22.4 Å². The van der Waals surface area contributed by atoms with E-state index >= 15 is 0 Å². The molecular formula is C16H23FN2O. The van der Waals surface area contributed by atoms with Crippen molar-refractivity contribution in [1.29, 1.82) is 0 Å². The molecule has 1 aliphatic rings. The third-order valence-corrected chi connectivity index (χ3v) is 3.77. The van der Waals surface area contributed by atoms with Crippen molar-refractivity contribution in [2.45, 2.75) is 57.7 Å². The number of rotatable bonds is 6. The summed E-state index contributed by atoms with van der Waals surface area (Å²) < 4.78 is 12.9. The number of nitrogens with zero attached hydrogens (tertiary/aromatic N) is 1. The first-order valence-corrected chi connectivity index (χ1v) is 7.28. The van der Waals surface area contributed by atoms with Crippen molar-refractivity contribution in [3.8, 4) is 0 Å². The molecule has 0 spiro atoms. The number of benzene rings is 1. The maximum Gasteiger partial charge on any atom is 0.242 e. The molecular weight excluding hydrogens is 255 g/mol. The number of nitrogens with two attached hydrogens (primary N) is 1. The van der Waals surface area contributed by atoms with E-state index in [0.29, 0.717) is 19.0 Å². The van der Waals surface area contributed by atoms with Crippen molar-refractivity contribution in [2.75, 3.05) is 0 Å². The van der Waals surface area contributed by atoms with E-state index in [4.69, 9.17) is 5.73 Å². The van der Waals surface area contributed by atoms with E-state index in [-0.39, 0.29) is 11.7 Å². The highest BCUT2D eigenvalue weighted by Gasteiger charge is 2.39. The van der Waals surface area contributed by atoms with Gasteiger partial charge in [0, 0.05) is 12.6 Å². The van der Waals surface area contributed by atoms with Crippen LogP contribution in [-0.2, 0) is 11.3 Å². The topological polar surface area (TPSA) is 46.3 Å². The molecule has 1 saturated carbocycles. The normalized spacial score (nSPS) is 17.6. The van der Waals surface area contributed by atoms with Crippen LogP contribution >= 0.6 is 0 Å². The lowest BCUT2D eigenvalue weighted by atomic mass is 9.95. The molecule has 0 aromatic heterocycles. The Morgan fingerprint density at radius 1 is 1.40 bits per heavy atom. The van der Waals surface area contributed by atoms with E-state index < -0.39 is 5.54 Å². The molecule has 0 radical (unpaired) electrons. The second kappa shape index (κ2) is 5.92. The molecule has 1 atom stereocenters. The average Bonchev–Trinajstić information content (AvgIpc) is 3.21.